The number of aryl methyl sites for hydroxylation is 1. The van der Waals surface area contributed by atoms with E-state index >= 15 is 0 Å². The van der Waals surface area contributed by atoms with Crippen molar-refractivity contribution in [1.82, 2.24) is 10.6 Å². The van der Waals surface area contributed by atoms with Gasteiger partial charge in [-0.05, 0) is 57.0 Å². The van der Waals surface area contributed by atoms with Crippen LogP contribution in [0.4, 0.5) is 0 Å². The Balaban J connectivity index is 2.53. The highest BCUT2D eigenvalue weighted by atomic mass is 16.7. The molecule has 1 aromatic carbocycles. The van der Waals surface area contributed by atoms with Crippen molar-refractivity contribution >= 4 is 23.6 Å². The van der Waals surface area contributed by atoms with Crippen LogP contribution in [0, 0.1) is 17.2 Å². The molecule has 1 aromatic rings. The number of benzene rings is 1. The molecule has 0 spiro atoms. The zero-order valence-electron chi connectivity index (χ0n) is 21.2. The van der Waals surface area contributed by atoms with Gasteiger partial charge in [0.05, 0.1) is 16.5 Å². The van der Waals surface area contributed by atoms with Crippen LogP contribution in [0.3, 0.4) is 0 Å². The van der Waals surface area contributed by atoms with E-state index in [4.69, 9.17) is 11.8 Å². The molecule has 0 aliphatic heterocycles. The number of allylic oxidation sites excluding steroid dienone is 1. The van der Waals surface area contributed by atoms with Gasteiger partial charge in [-0.15, -0.1) is 4.91 Å². The van der Waals surface area contributed by atoms with Crippen molar-refractivity contribution in [2.24, 2.45) is 22.5 Å². The number of amides is 1. The molecule has 0 saturated heterocycles. The second-order valence-corrected chi connectivity index (χ2v) is 9.46. The molecule has 1 unspecified atom stereocenters. The predicted octanol–water partition coefficient (Wildman–Crippen LogP) is 1.66. The quantitative estimate of drug-likeness (QED) is 0.189. The SMILES string of the molecule is Cc1cc(C(=O)ON)c(C(=O)NC2=CC(NC(C)C)CC(C(=O)ON)=C2)cc1C(=O)C(C)(C)CON=O. The minimum Gasteiger partial charge on any atom is -0.370 e. The monoisotopic (exact) mass is 517 g/mol. The molecule has 1 atom stereocenters. The van der Waals surface area contributed by atoms with Crippen molar-refractivity contribution in [3.05, 3.63) is 62.7 Å². The lowest BCUT2D eigenvalue weighted by Crippen LogP contribution is -2.38. The lowest BCUT2D eigenvalue weighted by molar-refractivity contribution is -0.139. The van der Waals surface area contributed by atoms with E-state index in [1.165, 1.54) is 18.2 Å². The highest BCUT2D eigenvalue weighted by Crippen LogP contribution is 2.28. The second kappa shape index (κ2) is 12.3. The van der Waals surface area contributed by atoms with E-state index in [0.717, 1.165) is 0 Å². The zero-order chi connectivity index (χ0) is 27.9. The van der Waals surface area contributed by atoms with E-state index in [1.807, 2.05) is 13.8 Å². The molecule has 1 aliphatic carbocycles. The van der Waals surface area contributed by atoms with Crippen LogP contribution in [-0.4, -0.2) is 42.3 Å². The van der Waals surface area contributed by atoms with E-state index in [-0.39, 0.29) is 53.1 Å². The number of carbonyl (C=O) groups is 4. The Morgan fingerprint density at radius 2 is 1.73 bits per heavy atom. The molecule has 37 heavy (non-hydrogen) atoms. The Morgan fingerprint density at radius 1 is 1.08 bits per heavy atom. The fraction of sp³-hybridized carbons (Fsp3) is 0.417. The molecule has 1 aliphatic rings. The minimum atomic E-state index is -1.18. The first kappa shape index (κ1) is 29.3. The maximum atomic E-state index is 13.4. The fourth-order valence-electron chi connectivity index (χ4n) is 3.83. The molecule has 200 valence electrons. The van der Waals surface area contributed by atoms with Crippen molar-refractivity contribution in [3.8, 4) is 0 Å². The number of nitrogens with zero attached hydrogens (tertiary/aromatic N) is 1. The van der Waals surface area contributed by atoms with Gasteiger partial charge < -0.3 is 25.1 Å². The second-order valence-electron chi connectivity index (χ2n) is 9.46. The van der Waals surface area contributed by atoms with Gasteiger partial charge in [-0.3, -0.25) is 9.59 Å². The van der Waals surface area contributed by atoms with Crippen LogP contribution in [-0.2, 0) is 19.3 Å². The number of ketones is 1. The first-order valence-corrected chi connectivity index (χ1v) is 11.3. The molecule has 0 bridgehead atoms. The first-order valence-electron chi connectivity index (χ1n) is 11.3. The molecule has 0 aromatic heterocycles. The van der Waals surface area contributed by atoms with Crippen molar-refractivity contribution in [2.45, 2.75) is 53.1 Å². The summed E-state index contributed by atoms with van der Waals surface area (Å²) < 4.78 is 0. The van der Waals surface area contributed by atoms with Crippen LogP contribution in [0.15, 0.2) is 40.9 Å². The lowest BCUT2D eigenvalue weighted by atomic mass is 9.82. The van der Waals surface area contributed by atoms with Crippen LogP contribution < -0.4 is 22.4 Å². The van der Waals surface area contributed by atoms with Crippen molar-refractivity contribution in [3.63, 3.8) is 0 Å². The highest BCUT2D eigenvalue weighted by molar-refractivity contribution is 6.10. The first-order chi connectivity index (χ1) is 17.3. The number of hydrogen-bond donors (Lipinski definition) is 4. The maximum Gasteiger partial charge on any atom is 0.357 e. The van der Waals surface area contributed by atoms with E-state index in [2.05, 4.69) is 30.5 Å². The van der Waals surface area contributed by atoms with Gasteiger partial charge >= 0.3 is 11.9 Å². The molecule has 2 rings (SSSR count). The topological polar surface area (TPSA) is 202 Å². The standard InChI is InChI=1S/C24H31N5O8/c1-12(2)27-15-7-14(22(32)36-25)8-16(9-15)28-21(31)18-10-17(13(3)6-19(18)23(33)37-26)20(30)24(4,5)11-35-29-34/h6,8-10,12,15,27H,7,11,25-26H2,1-5H3,(H,28,31). The molecule has 6 N–H and O–H groups in total. The number of Topliss-reactive ketones (excluding diaryl/α,β-unsaturated/α-hetero) is 1. The summed E-state index contributed by atoms with van der Waals surface area (Å²) in [7, 11) is 0. The summed E-state index contributed by atoms with van der Waals surface area (Å²) in [6.45, 7) is 8.18. The molecule has 13 heteroatoms. The average Bonchev–Trinajstić information content (AvgIpc) is 2.85. The molecular formula is C24H31N5O8. The van der Waals surface area contributed by atoms with Gasteiger partial charge in [0.1, 0.15) is 6.61 Å². The van der Waals surface area contributed by atoms with Crippen molar-refractivity contribution < 1.29 is 33.7 Å². The van der Waals surface area contributed by atoms with Gasteiger partial charge in [-0.1, -0.05) is 13.8 Å². The summed E-state index contributed by atoms with van der Waals surface area (Å²) in [5.41, 5.74) is -0.642. The Kier molecular flexibility index (Phi) is 9.77. The molecule has 0 saturated carbocycles. The van der Waals surface area contributed by atoms with Crippen LogP contribution >= 0.6 is 0 Å². The molecule has 0 heterocycles. The number of carbonyl (C=O) groups excluding carboxylic acids is 4. The Bertz CT molecular complexity index is 1160. The van der Waals surface area contributed by atoms with Crippen molar-refractivity contribution in [1.29, 1.82) is 0 Å². The minimum absolute atomic E-state index is 0.0600. The summed E-state index contributed by atoms with van der Waals surface area (Å²) in [6.07, 6.45) is 3.37. The Hall–Kier alpha value is -3.94. The van der Waals surface area contributed by atoms with Crippen LogP contribution in [0.1, 0.15) is 70.8 Å². The summed E-state index contributed by atoms with van der Waals surface area (Å²) in [5, 5.41) is 8.21. The number of nitrogens with two attached hydrogens (primary N) is 2. The summed E-state index contributed by atoms with van der Waals surface area (Å²) in [5.74, 6) is 7.11. The third-order valence-corrected chi connectivity index (χ3v) is 5.60. The summed E-state index contributed by atoms with van der Waals surface area (Å²) in [4.78, 5) is 74.6. The van der Waals surface area contributed by atoms with Gasteiger partial charge in [0.15, 0.2) is 11.1 Å². The molecule has 0 fully saturated rings. The van der Waals surface area contributed by atoms with Crippen LogP contribution in [0.25, 0.3) is 0 Å². The Morgan fingerprint density at radius 3 is 2.30 bits per heavy atom. The smallest absolute Gasteiger partial charge is 0.357 e. The van der Waals surface area contributed by atoms with Gasteiger partial charge in [0, 0.05) is 28.9 Å². The van der Waals surface area contributed by atoms with Gasteiger partial charge in [0.2, 0.25) is 0 Å². The number of hydrogen-bond acceptors (Lipinski definition) is 12. The number of rotatable bonds is 11. The largest absolute Gasteiger partial charge is 0.370 e. The van der Waals surface area contributed by atoms with Crippen LogP contribution in [0.5, 0.6) is 0 Å². The van der Waals surface area contributed by atoms with Gasteiger partial charge in [0.25, 0.3) is 5.91 Å². The van der Waals surface area contributed by atoms with E-state index in [1.54, 1.807) is 26.8 Å². The predicted molar refractivity (Wildman–Crippen MR) is 131 cm³/mol. The summed E-state index contributed by atoms with van der Waals surface area (Å²) in [6, 6.07) is 2.27. The fourth-order valence-corrected chi connectivity index (χ4v) is 3.83. The van der Waals surface area contributed by atoms with Gasteiger partial charge in [-0.2, -0.15) is 11.8 Å². The highest BCUT2D eigenvalue weighted by Gasteiger charge is 2.33. The molecular weight excluding hydrogens is 486 g/mol. The van der Waals surface area contributed by atoms with E-state index < -0.39 is 29.0 Å². The normalized spacial score (nSPS) is 15.3. The van der Waals surface area contributed by atoms with Crippen molar-refractivity contribution in [2.75, 3.05) is 6.61 Å². The third kappa shape index (κ3) is 7.29. The molecule has 0 radical (unpaired) electrons. The zero-order valence-corrected chi connectivity index (χ0v) is 21.2. The van der Waals surface area contributed by atoms with E-state index in [0.29, 0.717) is 5.56 Å². The number of nitrogens with one attached hydrogen (secondary N) is 2. The molecule has 1 amide bonds. The molecule has 13 nitrogen and oxygen atoms in total. The maximum absolute atomic E-state index is 13.4. The Labute approximate surface area is 213 Å². The van der Waals surface area contributed by atoms with E-state index in [9.17, 15) is 24.1 Å². The third-order valence-electron chi connectivity index (χ3n) is 5.60. The summed E-state index contributed by atoms with van der Waals surface area (Å²) >= 11 is 0. The lowest BCUT2D eigenvalue weighted by Gasteiger charge is -2.24. The van der Waals surface area contributed by atoms with Gasteiger partial charge in [-0.25, -0.2) is 9.59 Å². The van der Waals surface area contributed by atoms with Crippen LogP contribution in [0.2, 0.25) is 0 Å². The average molecular weight is 518 g/mol.